The average molecular weight is 431 g/mol. The van der Waals surface area contributed by atoms with E-state index < -0.39 is 9.84 Å². The van der Waals surface area contributed by atoms with Crippen molar-refractivity contribution in [3.05, 3.63) is 32.7 Å². The fourth-order valence-corrected chi connectivity index (χ4v) is 5.86. The van der Waals surface area contributed by atoms with Crippen molar-refractivity contribution >= 4 is 32.8 Å². The Morgan fingerprint density at radius 1 is 1.37 bits per heavy atom. The first-order valence-electron chi connectivity index (χ1n) is 9.05. The second-order valence-electron chi connectivity index (χ2n) is 7.38. The fraction of sp³-hybridized carbons (Fsp3) is 0.647. The van der Waals surface area contributed by atoms with Crippen LogP contribution in [-0.4, -0.2) is 60.0 Å². The molecule has 0 saturated carbocycles. The van der Waals surface area contributed by atoms with Crippen LogP contribution < -0.4 is 0 Å². The third-order valence-corrected chi connectivity index (χ3v) is 7.69. The van der Waals surface area contributed by atoms with Gasteiger partial charge in [0.1, 0.15) is 15.4 Å². The Morgan fingerprint density at radius 2 is 2.15 bits per heavy atom. The third kappa shape index (κ3) is 4.37. The lowest BCUT2D eigenvalue weighted by Crippen LogP contribution is -2.45. The first kappa shape index (κ1) is 19.3. The highest BCUT2D eigenvalue weighted by molar-refractivity contribution is 7.90. The molecule has 1 fully saturated rings. The molecule has 7 nitrogen and oxygen atoms in total. The molecule has 0 aromatic carbocycles. The predicted molar refractivity (Wildman–Crippen MR) is 105 cm³/mol. The Hall–Kier alpha value is -1.00. The molecule has 4 heterocycles. The summed E-state index contributed by atoms with van der Waals surface area (Å²) in [5.74, 6) is 0.0745. The Bertz CT molecular complexity index is 917. The van der Waals surface area contributed by atoms with Gasteiger partial charge >= 0.3 is 0 Å². The summed E-state index contributed by atoms with van der Waals surface area (Å²) in [7, 11) is -3.00. The molecule has 148 valence electrons. The van der Waals surface area contributed by atoms with E-state index in [0.717, 1.165) is 49.0 Å². The van der Waals surface area contributed by atoms with Gasteiger partial charge in [0.2, 0.25) is 0 Å². The quantitative estimate of drug-likeness (QED) is 0.722. The van der Waals surface area contributed by atoms with E-state index in [1.807, 2.05) is 6.20 Å². The highest BCUT2D eigenvalue weighted by Crippen LogP contribution is 2.46. The zero-order valence-electron chi connectivity index (χ0n) is 15.2. The normalized spacial score (nSPS) is 20.1. The van der Waals surface area contributed by atoms with Crippen LogP contribution in [0.3, 0.4) is 0 Å². The minimum atomic E-state index is -3.00. The van der Waals surface area contributed by atoms with E-state index >= 15 is 0 Å². The molecule has 1 spiro atoms. The van der Waals surface area contributed by atoms with Crippen molar-refractivity contribution < 1.29 is 13.2 Å². The molecular weight excluding hydrogens is 408 g/mol. The molecule has 0 N–H and O–H groups in total. The van der Waals surface area contributed by atoms with E-state index in [2.05, 4.69) is 21.3 Å². The second-order valence-corrected chi connectivity index (χ2v) is 11.3. The Balaban J connectivity index is 1.36. The fourth-order valence-electron chi connectivity index (χ4n) is 3.84. The number of thiophene rings is 1. The van der Waals surface area contributed by atoms with Crippen molar-refractivity contribution in [2.24, 2.45) is 0 Å². The molecule has 10 heteroatoms. The molecule has 2 aliphatic rings. The predicted octanol–water partition coefficient (Wildman–Crippen LogP) is 2.10. The minimum absolute atomic E-state index is 0.0745. The molecule has 0 unspecified atom stereocenters. The van der Waals surface area contributed by atoms with Crippen LogP contribution in [-0.2, 0) is 39.7 Å². The number of sulfone groups is 1. The summed E-state index contributed by atoms with van der Waals surface area (Å²) >= 11 is 7.90. The largest absolute Gasteiger partial charge is 0.369 e. The molecule has 4 rings (SSSR count). The number of aromatic nitrogens is 3. The Morgan fingerprint density at radius 3 is 2.89 bits per heavy atom. The van der Waals surface area contributed by atoms with Crippen LogP contribution in [0.1, 0.15) is 29.0 Å². The molecule has 0 aliphatic carbocycles. The molecule has 0 amide bonds. The van der Waals surface area contributed by atoms with Crippen molar-refractivity contribution in [2.45, 2.75) is 38.0 Å². The van der Waals surface area contributed by atoms with Gasteiger partial charge < -0.3 is 4.74 Å². The molecule has 1 saturated heterocycles. The summed E-state index contributed by atoms with van der Waals surface area (Å²) < 4.78 is 31.2. The van der Waals surface area contributed by atoms with E-state index in [1.54, 1.807) is 16.0 Å². The lowest BCUT2D eigenvalue weighted by atomic mass is 9.85. The molecule has 0 radical (unpaired) electrons. The molecule has 2 aromatic heterocycles. The van der Waals surface area contributed by atoms with Crippen LogP contribution in [0.5, 0.6) is 0 Å². The monoisotopic (exact) mass is 430 g/mol. The van der Waals surface area contributed by atoms with Gasteiger partial charge in [-0.05, 0) is 30.9 Å². The van der Waals surface area contributed by atoms with Crippen molar-refractivity contribution in [1.82, 2.24) is 19.9 Å². The maximum atomic E-state index is 11.3. The van der Waals surface area contributed by atoms with Gasteiger partial charge in [0.25, 0.3) is 0 Å². The summed E-state index contributed by atoms with van der Waals surface area (Å²) in [5.41, 5.74) is 2.03. The van der Waals surface area contributed by atoms with Crippen LogP contribution >= 0.6 is 22.9 Å². The second kappa shape index (κ2) is 7.44. The number of aryl methyl sites for hydroxylation is 1. The maximum absolute atomic E-state index is 11.3. The molecular formula is C17H23ClN4O3S2. The number of halogens is 1. The van der Waals surface area contributed by atoms with Gasteiger partial charge in [-0.25, -0.2) is 8.42 Å². The standard InChI is InChI=1S/C17H23ClN4O3S2/c1-27(23,24)9-7-22-12-14(19-20-22)11-21-5-3-17(4-6-21)16-13(2-8-25-17)10-15(18)26-16/h10,12H,2-9,11H2,1H3. The summed E-state index contributed by atoms with van der Waals surface area (Å²) in [6.07, 6.45) is 5.90. The number of rotatable bonds is 5. The van der Waals surface area contributed by atoms with E-state index in [9.17, 15) is 8.42 Å². The number of hydrogen-bond acceptors (Lipinski definition) is 7. The van der Waals surface area contributed by atoms with Crippen LogP contribution in [0.4, 0.5) is 0 Å². The Labute approximate surface area is 168 Å². The van der Waals surface area contributed by atoms with E-state index in [1.165, 1.54) is 16.7 Å². The smallest absolute Gasteiger partial charge is 0.149 e. The van der Waals surface area contributed by atoms with Gasteiger partial charge in [0.05, 0.1) is 28.9 Å². The average Bonchev–Trinajstić information content (AvgIpc) is 3.21. The van der Waals surface area contributed by atoms with E-state index in [4.69, 9.17) is 16.3 Å². The molecule has 2 aromatic rings. The van der Waals surface area contributed by atoms with Gasteiger partial charge in [-0.1, -0.05) is 16.8 Å². The zero-order chi connectivity index (χ0) is 19.1. The highest BCUT2D eigenvalue weighted by atomic mass is 35.5. The van der Waals surface area contributed by atoms with Gasteiger partial charge in [0, 0.05) is 37.0 Å². The van der Waals surface area contributed by atoms with Crippen LogP contribution in [0.15, 0.2) is 12.3 Å². The molecule has 0 atom stereocenters. The van der Waals surface area contributed by atoms with Crippen LogP contribution in [0, 0.1) is 0 Å². The topological polar surface area (TPSA) is 77.3 Å². The lowest BCUT2D eigenvalue weighted by Gasteiger charge is -2.43. The lowest BCUT2D eigenvalue weighted by molar-refractivity contribution is -0.0961. The SMILES string of the molecule is CS(=O)(=O)CCn1cc(CN2CCC3(CC2)OCCc2cc(Cl)sc23)nn1. The summed E-state index contributed by atoms with van der Waals surface area (Å²) in [5, 5.41) is 8.22. The van der Waals surface area contributed by atoms with Crippen molar-refractivity contribution in [3.63, 3.8) is 0 Å². The number of ether oxygens (including phenoxy) is 1. The summed E-state index contributed by atoms with van der Waals surface area (Å²) in [6.45, 7) is 3.66. The minimum Gasteiger partial charge on any atom is -0.369 e. The van der Waals surface area contributed by atoms with Gasteiger partial charge in [-0.2, -0.15) is 0 Å². The third-order valence-electron chi connectivity index (χ3n) is 5.27. The first-order valence-corrected chi connectivity index (χ1v) is 12.3. The number of fused-ring (bicyclic) bond motifs is 2. The van der Waals surface area contributed by atoms with Crippen LogP contribution in [0.25, 0.3) is 0 Å². The maximum Gasteiger partial charge on any atom is 0.149 e. The highest BCUT2D eigenvalue weighted by Gasteiger charge is 2.42. The zero-order valence-corrected chi connectivity index (χ0v) is 17.6. The van der Waals surface area contributed by atoms with E-state index in [0.29, 0.717) is 13.1 Å². The summed E-state index contributed by atoms with van der Waals surface area (Å²) in [4.78, 5) is 3.66. The van der Waals surface area contributed by atoms with Crippen molar-refractivity contribution in [2.75, 3.05) is 31.7 Å². The summed E-state index contributed by atoms with van der Waals surface area (Å²) in [6, 6.07) is 2.09. The molecule has 27 heavy (non-hydrogen) atoms. The molecule has 0 bridgehead atoms. The van der Waals surface area contributed by atoms with E-state index in [-0.39, 0.29) is 11.4 Å². The number of hydrogen-bond donors (Lipinski definition) is 0. The van der Waals surface area contributed by atoms with Gasteiger partial charge in [-0.3, -0.25) is 9.58 Å². The number of likely N-dealkylation sites (tertiary alicyclic amines) is 1. The number of piperidine rings is 1. The first-order chi connectivity index (χ1) is 12.8. The Kier molecular flexibility index (Phi) is 5.32. The van der Waals surface area contributed by atoms with Crippen molar-refractivity contribution in [1.29, 1.82) is 0 Å². The van der Waals surface area contributed by atoms with Gasteiger partial charge in [-0.15, -0.1) is 16.4 Å². The van der Waals surface area contributed by atoms with Crippen LogP contribution in [0.2, 0.25) is 4.34 Å². The molecule has 2 aliphatic heterocycles. The van der Waals surface area contributed by atoms with Crippen molar-refractivity contribution in [3.8, 4) is 0 Å². The number of nitrogens with zero attached hydrogens (tertiary/aromatic N) is 4. The van der Waals surface area contributed by atoms with Gasteiger partial charge in [0.15, 0.2) is 0 Å².